The van der Waals surface area contributed by atoms with Gasteiger partial charge in [0.2, 0.25) is 5.79 Å². The van der Waals surface area contributed by atoms with Crippen LogP contribution in [0.3, 0.4) is 0 Å². The number of halogens is 1. The van der Waals surface area contributed by atoms with Crippen LogP contribution in [0.2, 0.25) is 5.02 Å². The van der Waals surface area contributed by atoms with E-state index in [1.165, 1.54) is 0 Å². The van der Waals surface area contributed by atoms with Gasteiger partial charge in [-0.25, -0.2) is 0 Å². The van der Waals surface area contributed by atoms with Crippen LogP contribution in [-0.4, -0.2) is 16.0 Å². The van der Waals surface area contributed by atoms with Gasteiger partial charge in [0.1, 0.15) is 5.82 Å². The number of nitrogen functional groups attached to an aromatic ring is 1. The zero-order valence-electron chi connectivity index (χ0n) is 9.95. The van der Waals surface area contributed by atoms with E-state index < -0.39 is 5.79 Å². The molecule has 94 valence electrons. The molecule has 0 spiro atoms. The summed E-state index contributed by atoms with van der Waals surface area (Å²) in [5, 5.41) is 7.10. The van der Waals surface area contributed by atoms with Gasteiger partial charge in [-0.05, 0) is 6.07 Å². The first-order valence-electron chi connectivity index (χ1n) is 5.47. The Hall–Kier alpha value is -1.88. The van der Waals surface area contributed by atoms with Crippen LogP contribution in [0, 0.1) is 0 Å². The summed E-state index contributed by atoms with van der Waals surface area (Å²) in [6.45, 7) is 3.68. The highest BCUT2D eigenvalue weighted by Crippen LogP contribution is 2.45. The van der Waals surface area contributed by atoms with Crippen LogP contribution in [0.5, 0.6) is 11.5 Å². The number of nitrogens with two attached hydrogens (primary N) is 1. The minimum atomic E-state index is -0.674. The van der Waals surface area contributed by atoms with Crippen LogP contribution in [0.25, 0.3) is 11.1 Å². The second kappa shape index (κ2) is 3.55. The van der Waals surface area contributed by atoms with Crippen molar-refractivity contribution < 1.29 is 9.47 Å². The molecule has 0 bridgehead atoms. The zero-order chi connectivity index (χ0) is 12.9. The summed E-state index contributed by atoms with van der Waals surface area (Å²) in [7, 11) is 0. The summed E-state index contributed by atoms with van der Waals surface area (Å²) >= 11 is 6.23. The van der Waals surface area contributed by atoms with E-state index in [9.17, 15) is 0 Å². The fourth-order valence-electron chi connectivity index (χ4n) is 1.96. The van der Waals surface area contributed by atoms with Crippen molar-refractivity contribution in [2.45, 2.75) is 19.6 Å². The number of benzene rings is 1. The fraction of sp³-hybridized carbons (Fsp3) is 0.250. The lowest BCUT2D eigenvalue weighted by Crippen LogP contribution is -2.29. The highest BCUT2D eigenvalue weighted by Gasteiger charge is 2.32. The van der Waals surface area contributed by atoms with E-state index in [4.69, 9.17) is 26.8 Å². The van der Waals surface area contributed by atoms with E-state index in [0.29, 0.717) is 22.3 Å². The van der Waals surface area contributed by atoms with Gasteiger partial charge in [-0.3, -0.25) is 5.10 Å². The van der Waals surface area contributed by atoms with Crippen molar-refractivity contribution in [3.05, 3.63) is 23.4 Å². The Bertz CT molecular complexity index is 622. The molecule has 2 heterocycles. The maximum Gasteiger partial charge on any atom is 0.246 e. The molecule has 6 heteroatoms. The molecule has 3 rings (SSSR count). The predicted octanol–water partition coefficient (Wildman–Crippen LogP) is 2.82. The van der Waals surface area contributed by atoms with Gasteiger partial charge in [-0.15, -0.1) is 0 Å². The van der Waals surface area contributed by atoms with Crippen molar-refractivity contribution in [2.75, 3.05) is 5.73 Å². The van der Waals surface area contributed by atoms with E-state index in [1.807, 2.05) is 19.9 Å². The van der Waals surface area contributed by atoms with Crippen LogP contribution < -0.4 is 15.2 Å². The van der Waals surface area contributed by atoms with Gasteiger partial charge >= 0.3 is 0 Å². The Kier molecular flexibility index (Phi) is 2.22. The smallest absolute Gasteiger partial charge is 0.246 e. The first-order chi connectivity index (χ1) is 8.46. The molecule has 0 atom stereocenters. The van der Waals surface area contributed by atoms with Gasteiger partial charge in [-0.1, -0.05) is 11.6 Å². The quantitative estimate of drug-likeness (QED) is 0.832. The lowest BCUT2D eigenvalue weighted by Gasteiger charge is -2.16. The Balaban J connectivity index is 2.13. The molecular formula is C12H12ClN3O2. The van der Waals surface area contributed by atoms with E-state index in [1.54, 1.807) is 12.3 Å². The molecule has 18 heavy (non-hydrogen) atoms. The maximum atomic E-state index is 6.23. The van der Waals surface area contributed by atoms with Gasteiger partial charge < -0.3 is 15.2 Å². The Labute approximate surface area is 109 Å². The molecule has 0 aliphatic carbocycles. The number of hydrogen-bond donors (Lipinski definition) is 2. The van der Waals surface area contributed by atoms with Crippen molar-refractivity contribution in [3.8, 4) is 22.6 Å². The van der Waals surface area contributed by atoms with Gasteiger partial charge in [0, 0.05) is 31.0 Å². The average molecular weight is 266 g/mol. The summed E-state index contributed by atoms with van der Waals surface area (Å²) in [6, 6.07) is 3.54. The van der Waals surface area contributed by atoms with Gasteiger partial charge in [-0.2, -0.15) is 5.10 Å². The summed E-state index contributed by atoms with van der Waals surface area (Å²) in [6.07, 6.45) is 1.63. The van der Waals surface area contributed by atoms with E-state index in [-0.39, 0.29) is 0 Å². The first kappa shape index (κ1) is 11.2. The molecule has 3 N–H and O–H groups in total. The molecule has 5 nitrogen and oxygen atoms in total. The van der Waals surface area contributed by atoms with Crippen LogP contribution in [-0.2, 0) is 0 Å². The van der Waals surface area contributed by atoms with Gasteiger partial charge in [0.15, 0.2) is 11.5 Å². The number of ether oxygens (including phenoxy) is 2. The average Bonchev–Trinajstić information content (AvgIpc) is 2.79. The van der Waals surface area contributed by atoms with Crippen molar-refractivity contribution in [3.63, 3.8) is 0 Å². The molecule has 1 aromatic carbocycles. The third kappa shape index (κ3) is 1.67. The lowest BCUT2D eigenvalue weighted by atomic mass is 10.1. The van der Waals surface area contributed by atoms with Gasteiger partial charge in [0.25, 0.3) is 0 Å². The van der Waals surface area contributed by atoms with Gasteiger partial charge in [0.05, 0.1) is 11.2 Å². The van der Waals surface area contributed by atoms with E-state index >= 15 is 0 Å². The third-order valence-corrected chi connectivity index (χ3v) is 3.02. The maximum absolute atomic E-state index is 6.23. The highest BCUT2D eigenvalue weighted by molar-refractivity contribution is 6.33. The summed E-state index contributed by atoms with van der Waals surface area (Å²) in [4.78, 5) is 0. The molecule has 0 saturated carbocycles. The molecule has 0 fully saturated rings. The lowest BCUT2D eigenvalue weighted by molar-refractivity contribution is -0.0431. The number of rotatable bonds is 1. The number of nitrogens with one attached hydrogen (secondary N) is 1. The fourth-order valence-corrected chi connectivity index (χ4v) is 2.22. The SMILES string of the molecule is CC1(C)Oc2cc(Cl)c(-c3cn[nH]c3N)cc2O1. The standard InChI is InChI=1S/C12H12ClN3O2/c1-12(2)17-9-3-6(7-5-15-16-11(7)14)8(13)4-10(9)18-12/h3-5H,1-2H3,(H3,14,15,16). The zero-order valence-corrected chi connectivity index (χ0v) is 10.7. The molecule has 1 aliphatic heterocycles. The molecule has 0 radical (unpaired) electrons. The first-order valence-corrected chi connectivity index (χ1v) is 5.85. The Morgan fingerprint density at radius 1 is 1.22 bits per heavy atom. The Morgan fingerprint density at radius 3 is 2.50 bits per heavy atom. The predicted molar refractivity (Wildman–Crippen MR) is 68.8 cm³/mol. The Morgan fingerprint density at radius 2 is 1.89 bits per heavy atom. The highest BCUT2D eigenvalue weighted by atomic mass is 35.5. The summed E-state index contributed by atoms with van der Waals surface area (Å²) < 4.78 is 11.3. The molecule has 1 aliphatic rings. The number of aromatic amines is 1. The van der Waals surface area contributed by atoms with Crippen LogP contribution in [0.4, 0.5) is 5.82 Å². The number of H-pyrrole nitrogens is 1. The normalized spacial score (nSPS) is 15.9. The molecule has 1 aromatic heterocycles. The van der Waals surface area contributed by atoms with E-state index in [2.05, 4.69) is 10.2 Å². The number of fused-ring (bicyclic) bond motifs is 1. The van der Waals surface area contributed by atoms with E-state index in [0.717, 1.165) is 11.1 Å². The molecular weight excluding hydrogens is 254 g/mol. The van der Waals surface area contributed by atoms with Crippen molar-refractivity contribution >= 4 is 17.4 Å². The minimum absolute atomic E-state index is 0.468. The number of aromatic nitrogens is 2. The van der Waals surface area contributed by atoms with Crippen LogP contribution in [0.15, 0.2) is 18.3 Å². The summed E-state index contributed by atoms with van der Waals surface area (Å²) in [5.74, 6) is 1.08. The third-order valence-electron chi connectivity index (χ3n) is 2.70. The van der Waals surface area contributed by atoms with Crippen molar-refractivity contribution in [1.29, 1.82) is 0 Å². The van der Waals surface area contributed by atoms with Crippen LogP contribution in [0.1, 0.15) is 13.8 Å². The number of hydrogen-bond acceptors (Lipinski definition) is 4. The second-order valence-corrected chi connectivity index (χ2v) is 4.99. The van der Waals surface area contributed by atoms with Crippen molar-refractivity contribution in [1.82, 2.24) is 10.2 Å². The topological polar surface area (TPSA) is 73.2 Å². The largest absolute Gasteiger partial charge is 0.449 e. The number of anilines is 1. The summed E-state index contributed by atoms with van der Waals surface area (Å²) in [5.41, 5.74) is 7.30. The van der Waals surface area contributed by atoms with Crippen LogP contribution >= 0.6 is 11.6 Å². The monoisotopic (exact) mass is 265 g/mol. The molecule has 2 aromatic rings. The minimum Gasteiger partial charge on any atom is -0.449 e. The molecule has 0 saturated heterocycles. The number of nitrogens with zero attached hydrogens (tertiary/aromatic N) is 1. The van der Waals surface area contributed by atoms with Crippen molar-refractivity contribution in [2.24, 2.45) is 0 Å². The molecule has 0 amide bonds. The molecule has 0 unspecified atom stereocenters. The second-order valence-electron chi connectivity index (χ2n) is 4.58.